The fourth-order valence-electron chi connectivity index (χ4n) is 3.73. The summed E-state index contributed by atoms with van der Waals surface area (Å²) in [5.74, 6) is -0.333. The van der Waals surface area contributed by atoms with Crippen LogP contribution in [0, 0.1) is 16.0 Å². The summed E-state index contributed by atoms with van der Waals surface area (Å²) in [6.07, 6.45) is 3.08. The molecule has 1 aromatic carbocycles. The third kappa shape index (κ3) is 4.97. The molecule has 0 spiro atoms. The summed E-state index contributed by atoms with van der Waals surface area (Å²) in [4.78, 5) is 52.5. The van der Waals surface area contributed by atoms with Gasteiger partial charge in [-0.3, -0.25) is 29.3 Å². The van der Waals surface area contributed by atoms with Crippen LogP contribution in [0.4, 0.5) is 17.2 Å². The second-order valence-corrected chi connectivity index (χ2v) is 8.34. The number of fused-ring (bicyclic) bond motifs is 1. The number of nitrogen functional groups attached to an aromatic ring is 1. The van der Waals surface area contributed by atoms with E-state index in [9.17, 15) is 24.5 Å². The number of nitro benzene ring substituents is 1. The van der Waals surface area contributed by atoms with E-state index in [4.69, 9.17) is 5.73 Å². The molecule has 0 aliphatic heterocycles. The maximum Gasteiger partial charge on any atom is 0.330 e. The predicted molar refractivity (Wildman–Crippen MR) is 126 cm³/mol. The van der Waals surface area contributed by atoms with Crippen LogP contribution in [0.2, 0.25) is 0 Å². The van der Waals surface area contributed by atoms with Crippen LogP contribution in [0.1, 0.15) is 33.6 Å². The van der Waals surface area contributed by atoms with Crippen LogP contribution >= 0.6 is 0 Å². The number of carbonyl (C=O) groups is 1. The Bertz CT molecular complexity index is 1300. The molecule has 0 aliphatic rings. The smallest absolute Gasteiger partial charge is 0.330 e. The molecule has 0 radical (unpaired) electrons. The Kier molecular flexibility index (Phi) is 7.00. The molecule has 33 heavy (non-hydrogen) atoms. The number of hydrogen-bond acceptors (Lipinski definition) is 6. The van der Waals surface area contributed by atoms with Crippen LogP contribution in [-0.2, 0) is 17.9 Å². The zero-order valence-electron chi connectivity index (χ0n) is 18.9. The van der Waals surface area contributed by atoms with Crippen molar-refractivity contribution in [2.45, 2.75) is 46.7 Å². The summed E-state index contributed by atoms with van der Waals surface area (Å²) in [7, 11) is 0. The molecule has 2 aromatic heterocycles. The van der Waals surface area contributed by atoms with E-state index in [2.05, 4.69) is 4.98 Å². The van der Waals surface area contributed by atoms with Gasteiger partial charge in [0.25, 0.3) is 11.2 Å². The summed E-state index contributed by atoms with van der Waals surface area (Å²) in [5, 5.41) is 11.7. The molecule has 11 heteroatoms. The predicted octanol–water partition coefficient (Wildman–Crippen LogP) is 2.47. The number of nitrogens with two attached hydrogens (primary N) is 1. The molecule has 0 atom stereocenters. The van der Waals surface area contributed by atoms with E-state index in [1.807, 2.05) is 20.8 Å². The minimum atomic E-state index is -0.713. The summed E-state index contributed by atoms with van der Waals surface area (Å²) >= 11 is 0. The fourth-order valence-corrected chi connectivity index (χ4v) is 3.73. The van der Waals surface area contributed by atoms with Crippen molar-refractivity contribution in [3.63, 3.8) is 0 Å². The molecule has 2 heterocycles. The normalized spacial score (nSPS) is 11.3. The topological polar surface area (TPSA) is 149 Å². The number of nitrogens with one attached hydrogen (secondary N) is 1. The zero-order valence-corrected chi connectivity index (χ0v) is 18.9. The van der Waals surface area contributed by atoms with Crippen LogP contribution in [0.5, 0.6) is 0 Å². The Morgan fingerprint density at radius 2 is 2.00 bits per heavy atom. The van der Waals surface area contributed by atoms with E-state index < -0.39 is 16.2 Å². The average Bonchev–Trinajstić information content (AvgIpc) is 3.15. The number of aromatic amines is 1. The Morgan fingerprint density at radius 1 is 1.27 bits per heavy atom. The van der Waals surface area contributed by atoms with Crippen molar-refractivity contribution in [1.29, 1.82) is 0 Å². The number of unbranched alkanes of at least 4 members (excludes halogenated alkanes) is 1. The summed E-state index contributed by atoms with van der Waals surface area (Å²) in [6.45, 7) is 6.24. The molecule has 0 aliphatic carbocycles. The Balaban J connectivity index is 2.01. The number of H-pyrrole nitrogens is 1. The second-order valence-electron chi connectivity index (χ2n) is 8.34. The molecular formula is C22H28N6O5. The van der Waals surface area contributed by atoms with Gasteiger partial charge in [0, 0.05) is 42.3 Å². The van der Waals surface area contributed by atoms with E-state index in [1.54, 1.807) is 22.9 Å². The van der Waals surface area contributed by atoms with Crippen molar-refractivity contribution in [3.8, 4) is 0 Å². The van der Waals surface area contributed by atoms with E-state index >= 15 is 0 Å². The molecular weight excluding hydrogens is 428 g/mol. The number of non-ortho nitro benzene ring substituents is 1. The van der Waals surface area contributed by atoms with Gasteiger partial charge in [0.2, 0.25) is 5.91 Å². The molecule has 1 amide bonds. The monoisotopic (exact) mass is 456 g/mol. The number of carbonyl (C=O) groups excluding carboxylic acids is 1. The average molecular weight is 457 g/mol. The van der Waals surface area contributed by atoms with Gasteiger partial charge in [0.05, 0.1) is 4.92 Å². The minimum absolute atomic E-state index is 0.0390. The van der Waals surface area contributed by atoms with Gasteiger partial charge in [-0.15, -0.1) is 0 Å². The third-order valence-electron chi connectivity index (χ3n) is 5.34. The van der Waals surface area contributed by atoms with E-state index in [0.29, 0.717) is 23.9 Å². The molecule has 0 unspecified atom stereocenters. The zero-order chi connectivity index (χ0) is 24.3. The van der Waals surface area contributed by atoms with E-state index in [-0.39, 0.29) is 42.1 Å². The van der Waals surface area contributed by atoms with Crippen LogP contribution in [-0.4, -0.2) is 31.5 Å². The van der Waals surface area contributed by atoms with Crippen LogP contribution in [0.25, 0.3) is 10.9 Å². The first-order chi connectivity index (χ1) is 15.6. The Morgan fingerprint density at radius 3 is 2.64 bits per heavy atom. The van der Waals surface area contributed by atoms with E-state index in [1.165, 1.54) is 21.6 Å². The number of nitrogens with zero attached hydrogens (tertiary/aromatic N) is 4. The third-order valence-corrected chi connectivity index (χ3v) is 5.34. The summed E-state index contributed by atoms with van der Waals surface area (Å²) in [6, 6.07) is 6.09. The van der Waals surface area contributed by atoms with Crippen LogP contribution in [0.3, 0.4) is 0 Å². The largest absolute Gasteiger partial charge is 0.383 e. The lowest BCUT2D eigenvalue weighted by molar-refractivity contribution is -0.384. The van der Waals surface area contributed by atoms with Crippen LogP contribution in [0.15, 0.2) is 40.1 Å². The SMILES string of the molecule is CCCCN(C(=O)Cn1ccc2cc([N+](=O)[O-])ccc21)c1c(N)n(CC(C)C)c(=O)[nH]c1=O. The number of benzene rings is 1. The Hall–Kier alpha value is -3.89. The van der Waals surface area contributed by atoms with Crippen molar-refractivity contribution in [1.82, 2.24) is 14.1 Å². The maximum atomic E-state index is 13.4. The number of anilines is 2. The first kappa shape index (κ1) is 23.8. The van der Waals surface area contributed by atoms with Gasteiger partial charge < -0.3 is 15.2 Å². The maximum absolute atomic E-state index is 13.4. The molecule has 176 valence electrons. The van der Waals surface area contributed by atoms with Crippen molar-refractivity contribution in [2.75, 3.05) is 17.2 Å². The molecule has 3 N–H and O–H groups in total. The first-order valence-corrected chi connectivity index (χ1v) is 10.8. The first-order valence-electron chi connectivity index (χ1n) is 10.8. The lowest BCUT2D eigenvalue weighted by atomic mass is 10.2. The highest BCUT2D eigenvalue weighted by molar-refractivity contribution is 5.96. The number of nitro groups is 1. The van der Waals surface area contributed by atoms with Gasteiger partial charge in [-0.05, 0) is 24.5 Å². The summed E-state index contributed by atoms with van der Waals surface area (Å²) < 4.78 is 2.94. The highest BCUT2D eigenvalue weighted by Crippen LogP contribution is 2.23. The number of amides is 1. The molecule has 0 bridgehead atoms. The molecule has 3 aromatic rings. The summed E-state index contributed by atoms with van der Waals surface area (Å²) in [5.41, 5.74) is 5.47. The molecule has 3 rings (SSSR count). The number of rotatable bonds is 9. The fraction of sp³-hybridized carbons (Fsp3) is 0.409. The molecule has 11 nitrogen and oxygen atoms in total. The number of hydrogen-bond donors (Lipinski definition) is 2. The van der Waals surface area contributed by atoms with Crippen molar-refractivity contribution < 1.29 is 9.72 Å². The Labute approximate surface area is 189 Å². The quantitative estimate of drug-likeness (QED) is 0.373. The molecule has 0 fully saturated rings. The highest BCUT2D eigenvalue weighted by Gasteiger charge is 2.25. The van der Waals surface area contributed by atoms with Gasteiger partial charge in [0.1, 0.15) is 12.4 Å². The lowest BCUT2D eigenvalue weighted by Crippen LogP contribution is -2.43. The van der Waals surface area contributed by atoms with Crippen molar-refractivity contribution in [2.24, 2.45) is 5.92 Å². The molecule has 0 saturated carbocycles. The molecule has 0 saturated heterocycles. The number of aromatic nitrogens is 3. The van der Waals surface area contributed by atoms with Gasteiger partial charge in [-0.2, -0.15) is 0 Å². The minimum Gasteiger partial charge on any atom is -0.383 e. The van der Waals surface area contributed by atoms with Crippen molar-refractivity contribution in [3.05, 3.63) is 61.4 Å². The second kappa shape index (κ2) is 9.72. The van der Waals surface area contributed by atoms with Gasteiger partial charge in [-0.1, -0.05) is 27.2 Å². The van der Waals surface area contributed by atoms with Gasteiger partial charge in [0.15, 0.2) is 5.69 Å². The van der Waals surface area contributed by atoms with Crippen molar-refractivity contribution >= 4 is 34.0 Å². The highest BCUT2D eigenvalue weighted by atomic mass is 16.6. The van der Waals surface area contributed by atoms with Gasteiger partial charge in [-0.25, -0.2) is 4.79 Å². The van der Waals surface area contributed by atoms with Gasteiger partial charge >= 0.3 is 5.69 Å². The van der Waals surface area contributed by atoms with Crippen LogP contribution < -0.4 is 21.9 Å². The standard InChI is InChI=1S/C22H28N6O5/c1-4-5-9-26(19-20(23)27(12-14(2)3)22(31)24-21(19)30)18(29)13-25-10-8-15-11-16(28(32)33)6-7-17(15)25/h6-8,10-11,14H,4-5,9,12-13,23H2,1-3H3,(H,24,30,31). The van der Waals surface area contributed by atoms with E-state index in [0.717, 1.165) is 6.42 Å². The lowest BCUT2D eigenvalue weighted by Gasteiger charge is -2.25.